The minimum atomic E-state index is -0.573. The first-order valence-corrected chi connectivity index (χ1v) is 8.04. The lowest BCUT2D eigenvalue weighted by Crippen LogP contribution is -2.53. The molecule has 1 unspecified atom stereocenters. The molecule has 1 saturated heterocycles. The largest absolute Gasteiger partial charge is 0.465 e. The van der Waals surface area contributed by atoms with Crippen molar-refractivity contribution >= 4 is 5.97 Å². The molecule has 1 atom stereocenters. The molecule has 5 nitrogen and oxygen atoms in total. The molecule has 124 valence electrons. The van der Waals surface area contributed by atoms with Crippen LogP contribution in [0.15, 0.2) is 0 Å². The Bertz CT molecular complexity index is 333. The number of carbonyl (C=O) groups is 1. The van der Waals surface area contributed by atoms with Crippen LogP contribution in [0.4, 0.5) is 0 Å². The van der Waals surface area contributed by atoms with Crippen molar-refractivity contribution in [3.05, 3.63) is 0 Å². The Morgan fingerprint density at radius 2 is 2.14 bits per heavy atom. The van der Waals surface area contributed by atoms with Crippen molar-refractivity contribution in [3.63, 3.8) is 0 Å². The summed E-state index contributed by atoms with van der Waals surface area (Å²) >= 11 is 0. The van der Waals surface area contributed by atoms with Gasteiger partial charge in [0.2, 0.25) is 0 Å². The minimum Gasteiger partial charge on any atom is -0.465 e. The van der Waals surface area contributed by atoms with Crippen molar-refractivity contribution in [2.45, 2.75) is 58.0 Å². The van der Waals surface area contributed by atoms with Gasteiger partial charge in [-0.05, 0) is 60.5 Å². The molecule has 1 heterocycles. The highest BCUT2D eigenvalue weighted by atomic mass is 16.5. The minimum absolute atomic E-state index is 0.117. The van der Waals surface area contributed by atoms with E-state index in [0.717, 1.165) is 45.6 Å². The van der Waals surface area contributed by atoms with E-state index in [4.69, 9.17) is 9.47 Å². The number of nitrogens with one attached hydrogen (secondary N) is 1. The number of hydrogen-bond donors (Lipinski definition) is 1. The van der Waals surface area contributed by atoms with Crippen LogP contribution in [0.1, 0.15) is 47.0 Å². The van der Waals surface area contributed by atoms with Gasteiger partial charge in [0.25, 0.3) is 0 Å². The van der Waals surface area contributed by atoms with Crippen LogP contribution in [0.2, 0.25) is 0 Å². The molecular formula is C16H32N2O3. The Balaban J connectivity index is 2.36. The quantitative estimate of drug-likeness (QED) is 0.547. The maximum atomic E-state index is 12.0. The number of esters is 1. The van der Waals surface area contributed by atoms with Gasteiger partial charge in [-0.15, -0.1) is 0 Å². The van der Waals surface area contributed by atoms with Gasteiger partial charge in [0.1, 0.15) is 5.54 Å². The van der Waals surface area contributed by atoms with Crippen molar-refractivity contribution in [1.29, 1.82) is 0 Å². The van der Waals surface area contributed by atoms with E-state index in [1.54, 1.807) is 0 Å². The standard InChI is InChI=1S/C16H32N2O3/c1-6-21-14(19)16(4,17-5)9-7-8-10-18-11-12-20-13-15(18,2)3/h17H,6-13H2,1-5H3. The van der Waals surface area contributed by atoms with Crippen LogP contribution in [0, 0.1) is 0 Å². The van der Waals surface area contributed by atoms with Crippen molar-refractivity contribution in [1.82, 2.24) is 10.2 Å². The molecule has 0 amide bonds. The molecule has 1 rings (SSSR count). The average molecular weight is 300 g/mol. The third kappa shape index (κ3) is 5.24. The number of ether oxygens (including phenoxy) is 2. The van der Waals surface area contributed by atoms with Crippen LogP contribution in [-0.2, 0) is 14.3 Å². The monoisotopic (exact) mass is 300 g/mol. The average Bonchev–Trinajstić information content (AvgIpc) is 2.44. The molecule has 0 bridgehead atoms. The molecule has 5 heteroatoms. The highest BCUT2D eigenvalue weighted by Crippen LogP contribution is 2.21. The number of carbonyl (C=O) groups excluding carboxylic acids is 1. The summed E-state index contributed by atoms with van der Waals surface area (Å²) < 4.78 is 10.7. The first-order chi connectivity index (χ1) is 9.85. The summed E-state index contributed by atoms with van der Waals surface area (Å²) in [7, 11) is 1.82. The molecule has 1 fully saturated rings. The number of hydrogen-bond acceptors (Lipinski definition) is 5. The molecule has 1 aliphatic rings. The zero-order valence-corrected chi connectivity index (χ0v) is 14.3. The van der Waals surface area contributed by atoms with E-state index in [1.807, 2.05) is 20.9 Å². The van der Waals surface area contributed by atoms with Gasteiger partial charge in [-0.2, -0.15) is 0 Å². The van der Waals surface area contributed by atoms with Crippen molar-refractivity contribution < 1.29 is 14.3 Å². The van der Waals surface area contributed by atoms with Crippen LogP contribution in [0.5, 0.6) is 0 Å². The van der Waals surface area contributed by atoms with Gasteiger partial charge >= 0.3 is 5.97 Å². The first kappa shape index (κ1) is 18.4. The number of rotatable bonds is 8. The lowest BCUT2D eigenvalue weighted by atomic mass is 9.94. The molecule has 1 aliphatic heterocycles. The number of nitrogens with zero attached hydrogens (tertiary/aromatic N) is 1. The van der Waals surface area contributed by atoms with Crippen molar-refractivity contribution in [2.75, 3.05) is 40.0 Å². The first-order valence-electron chi connectivity index (χ1n) is 8.04. The van der Waals surface area contributed by atoms with E-state index < -0.39 is 5.54 Å². The number of unbranched alkanes of at least 4 members (excludes halogenated alkanes) is 1. The summed E-state index contributed by atoms with van der Waals surface area (Å²) in [6, 6.07) is 0. The zero-order valence-electron chi connectivity index (χ0n) is 14.3. The second kappa shape index (κ2) is 8.11. The van der Waals surface area contributed by atoms with E-state index in [1.165, 1.54) is 0 Å². The molecule has 0 spiro atoms. The van der Waals surface area contributed by atoms with Gasteiger partial charge in [0, 0.05) is 12.1 Å². The normalized spacial score (nSPS) is 21.8. The summed E-state index contributed by atoms with van der Waals surface area (Å²) in [6.45, 7) is 12.3. The topological polar surface area (TPSA) is 50.8 Å². The third-order valence-electron chi connectivity index (χ3n) is 4.45. The lowest BCUT2D eigenvalue weighted by Gasteiger charge is -2.42. The molecule has 0 aromatic heterocycles. The van der Waals surface area contributed by atoms with Gasteiger partial charge in [-0.3, -0.25) is 9.69 Å². The van der Waals surface area contributed by atoms with Crippen LogP contribution >= 0.6 is 0 Å². The van der Waals surface area contributed by atoms with Crippen LogP contribution in [-0.4, -0.2) is 61.9 Å². The van der Waals surface area contributed by atoms with Gasteiger partial charge in [0.05, 0.1) is 19.8 Å². The smallest absolute Gasteiger partial charge is 0.326 e. The highest BCUT2D eigenvalue weighted by Gasteiger charge is 2.33. The fourth-order valence-corrected chi connectivity index (χ4v) is 2.71. The van der Waals surface area contributed by atoms with E-state index in [2.05, 4.69) is 24.1 Å². The summed E-state index contributed by atoms with van der Waals surface area (Å²) in [5.74, 6) is -0.154. The van der Waals surface area contributed by atoms with E-state index >= 15 is 0 Å². The Labute approximate surface area is 129 Å². The second-order valence-corrected chi connectivity index (χ2v) is 6.61. The van der Waals surface area contributed by atoms with E-state index in [-0.39, 0.29) is 11.5 Å². The van der Waals surface area contributed by atoms with Crippen molar-refractivity contribution in [2.24, 2.45) is 0 Å². The van der Waals surface area contributed by atoms with Gasteiger partial charge < -0.3 is 14.8 Å². The van der Waals surface area contributed by atoms with E-state index in [9.17, 15) is 4.79 Å². The molecule has 1 N–H and O–H groups in total. The number of likely N-dealkylation sites (N-methyl/N-ethyl adjacent to an activating group) is 1. The summed E-state index contributed by atoms with van der Waals surface area (Å²) in [6.07, 6.45) is 2.89. The van der Waals surface area contributed by atoms with Gasteiger partial charge in [-0.1, -0.05) is 0 Å². The predicted molar refractivity (Wildman–Crippen MR) is 84.4 cm³/mol. The molecule has 21 heavy (non-hydrogen) atoms. The lowest BCUT2D eigenvalue weighted by molar-refractivity contribution is -0.150. The predicted octanol–water partition coefficient (Wildman–Crippen LogP) is 1.81. The van der Waals surface area contributed by atoms with Gasteiger partial charge in [0.15, 0.2) is 0 Å². The Kier molecular flexibility index (Phi) is 7.10. The Hall–Kier alpha value is -0.650. The van der Waals surface area contributed by atoms with Crippen LogP contribution in [0.3, 0.4) is 0 Å². The maximum absolute atomic E-state index is 12.0. The second-order valence-electron chi connectivity index (χ2n) is 6.61. The highest BCUT2D eigenvalue weighted by molar-refractivity contribution is 5.80. The molecule has 0 aliphatic carbocycles. The Morgan fingerprint density at radius 3 is 2.71 bits per heavy atom. The van der Waals surface area contributed by atoms with Gasteiger partial charge in [-0.25, -0.2) is 0 Å². The molecule has 0 aromatic rings. The summed E-state index contributed by atoms with van der Waals surface area (Å²) in [5.41, 5.74) is -0.456. The molecular weight excluding hydrogens is 268 g/mol. The number of morpholine rings is 1. The Morgan fingerprint density at radius 1 is 1.43 bits per heavy atom. The molecule has 0 aromatic carbocycles. The van der Waals surface area contributed by atoms with Crippen molar-refractivity contribution in [3.8, 4) is 0 Å². The fraction of sp³-hybridized carbons (Fsp3) is 0.938. The van der Waals surface area contributed by atoms with Crippen LogP contribution in [0.25, 0.3) is 0 Å². The molecule has 0 radical (unpaired) electrons. The molecule has 0 saturated carbocycles. The van der Waals surface area contributed by atoms with E-state index in [0.29, 0.717) is 6.61 Å². The third-order valence-corrected chi connectivity index (χ3v) is 4.45. The maximum Gasteiger partial charge on any atom is 0.326 e. The fourth-order valence-electron chi connectivity index (χ4n) is 2.71. The zero-order chi connectivity index (χ0) is 15.9. The summed E-state index contributed by atoms with van der Waals surface area (Å²) in [4.78, 5) is 14.5. The summed E-state index contributed by atoms with van der Waals surface area (Å²) in [5, 5.41) is 3.11. The van der Waals surface area contributed by atoms with Crippen LogP contribution < -0.4 is 5.32 Å². The SMILES string of the molecule is CCOC(=O)C(C)(CCCCN1CCOCC1(C)C)NC.